The minimum atomic E-state index is -0.208. The Morgan fingerprint density at radius 3 is 2.71 bits per heavy atom. The van der Waals surface area contributed by atoms with E-state index in [1.165, 1.54) is 0 Å². The molecule has 3 heterocycles. The van der Waals surface area contributed by atoms with Crippen molar-refractivity contribution >= 4 is 17.4 Å². The number of nitrogens with one attached hydrogen (secondary N) is 1. The van der Waals surface area contributed by atoms with E-state index in [1.54, 1.807) is 18.3 Å². The van der Waals surface area contributed by atoms with Crippen LogP contribution in [0.2, 0.25) is 0 Å². The molecule has 1 atom stereocenters. The van der Waals surface area contributed by atoms with E-state index in [2.05, 4.69) is 29.0 Å². The number of anilines is 2. The summed E-state index contributed by atoms with van der Waals surface area (Å²) in [5, 5.41) is 3.60. The Balaban J connectivity index is 1.74. The molecule has 0 aliphatic carbocycles. The maximum Gasteiger partial charge on any atom is 0.215 e. The molecule has 1 aliphatic heterocycles. The number of nitrogen functional groups attached to an aromatic ring is 1. The van der Waals surface area contributed by atoms with Crippen molar-refractivity contribution < 1.29 is 4.79 Å². The third kappa shape index (κ3) is 4.75. The van der Waals surface area contributed by atoms with Crippen LogP contribution in [0.25, 0.3) is 11.1 Å². The Morgan fingerprint density at radius 1 is 1.16 bits per heavy atom. The monoisotopic (exact) mass is 415 g/mol. The Hall–Kier alpha value is -3.25. The number of carbonyl (C=O) groups is 1. The van der Waals surface area contributed by atoms with Gasteiger partial charge in [0.05, 0.1) is 5.56 Å². The minimum Gasteiger partial charge on any atom is -0.383 e. The SMILES string of the molecule is CC(C)C[C@@H]1CN(c2ccc(-c3ccccc3)c(C(=O)c3cccnc3N)n2)CCN1. The zero-order valence-electron chi connectivity index (χ0n) is 18.1. The molecule has 4 rings (SSSR count). The van der Waals surface area contributed by atoms with Gasteiger partial charge in [-0.25, -0.2) is 9.97 Å². The van der Waals surface area contributed by atoms with Gasteiger partial charge in [-0.3, -0.25) is 4.79 Å². The van der Waals surface area contributed by atoms with Gasteiger partial charge in [-0.15, -0.1) is 0 Å². The van der Waals surface area contributed by atoms with Gasteiger partial charge >= 0.3 is 0 Å². The summed E-state index contributed by atoms with van der Waals surface area (Å²) in [6.07, 6.45) is 2.69. The van der Waals surface area contributed by atoms with Gasteiger partial charge in [0.2, 0.25) is 5.78 Å². The molecule has 160 valence electrons. The zero-order valence-corrected chi connectivity index (χ0v) is 18.1. The lowest BCUT2D eigenvalue weighted by atomic mass is 9.98. The Morgan fingerprint density at radius 2 is 1.97 bits per heavy atom. The molecule has 6 nitrogen and oxygen atoms in total. The zero-order chi connectivity index (χ0) is 21.8. The van der Waals surface area contributed by atoms with Gasteiger partial charge in [0.15, 0.2) is 0 Å². The molecule has 31 heavy (non-hydrogen) atoms. The second-order valence-electron chi connectivity index (χ2n) is 8.42. The molecular formula is C25H29N5O. The molecule has 1 fully saturated rings. The fourth-order valence-corrected chi connectivity index (χ4v) is 4.15. The normalized spacial score (nSPS) is 16.5. The van der Waals surface area contributed by atoms with Crippen LogP contribution >= 0.6 is 0 Å². The van der Waals surface area contributed by atoms with Crippen LogP contribution in [0.1, 0.15) is 36.3 Å². The Labute approximate surface area is 183 Å². The van der Waals surface area contributed by atoms with Gasteiger partial charge in [0.1, 0.15) is 17.3 Å². The third-order valence-corrected chi connectivity index (χ3v) is 5.60. The van der Waals surface area contributed by atoms with Crippen LogP contribution in [-0.4, -0.2) is 41.4 Å². The van der Waals surface area contributed by atoms with E-state index < -0.39 is 0 Å². The molecule has 0 saturated carbocycles. The number of ketones is 1. The molecule has 0 bridgehead atoms. The van der Waals surface area contributed by atoms with E-state index in [9.17, 15) is 4.79 Å². The van der Waals surface area contributed by atoms with E-state index in [0.717, 1.165) is 43.0 Å². The quantitative estimate of drug-likeness (QED) is 0.596. The summed E-state index contributed by atoms with van der Waals surface area (Å²) in [5.41, 5.74) is 8.54. The topological polar surface area (TPSA) is 84.1 Å². The van der Waals surface area contributed by atoms with Gasteiger partial charge in [0.25, 0.3) is 0 Å². The highest BCUT2D eigenvalue weighted by Crippen LogP contribution is 2.28. The summed E-state index contributed by atoms with van der Waals surface area (Å²) in [7, 11) is 0. The van der Waals surface area contributed by atoms with E-state index >= 15 is 0 Å². The number of aromatic nitrogens is 2. The maximum atomic E-state index is 13.5. The number of benzene rings is 1. The molecule has 3 aromatic rings. The lowest BCUT2D eigenvalue weighted by molar-refractivity contribution is 0.103. The number of hydrogen-bond donors (Lipinski definition) is 2. The van der Waals surface area contributed by atoms with Crippen molar-refractivity contribution in [2.45, 2.75) is 26.3 Å². The van der Waals surface area contributed by atoms with Crippen molar-refractivity contribution in [3.63, 3.8) is 0 Å². The number of hydrogen-bond acceptors (Lipinski definition) is 6. The second-order valence-corrected chi connectivity index (χ2v) is 8.42. The molecule has 0 spiro atoms. The van der Waals surface area contributed by atoms with Crippen molar-refractivity contribution in [3.8, 4) is 11.1 Å². The van der Waals surface area contributed by atoms with E-state index in [0.29, 0.717) is 23.2 Å². The summed E-state index contributed by atoms with van der Waals surface area (Å²) in [6.45, 7) is 7.11. The molecule has 1 aromatic carbocycles. The van der Waals surface area contributed by atoms with Gasteiger partial charge in [-0.05, 0) is 42.2 Å². The minimum absolute atomic E-state index is 0.208. The first-order valence-electron chi connectivity index (χ1n) is 10.8. The molecule has 0 radical (unpaired) electrons. The predicted octanol–water partition coefficient (Wildman–Crippen LogP) is 3.78. The lowest BCUT2D eigenvalue weighted by Crippen LogP contribution is -2.51. The summed E-state index contributed by atoms with van der Waals surface area (Å²) < 4.78 is 0. The maximum absolute atomic E-state index is 13.5. The van der Waals surface area contributed by atoms with Crippen LogP contribution in [0.5, 0.6) is 0 Å². The average Bonchev–Trinajstić information content (AvgIpc) is 2.79. The van der Waals surface area contributed by atoms with Gasteiger partial charge in [0, 0.05) is 37.4 Å². The highest BCUT2D eigenvalue weighted by molar-refractivity contribution is 6.14. The first-order valence-corrected chi connectivity index (χ1v) is 10.8. The van der Waals surface area contributed by atoms with Crippen molar-refractivity contribution in [2.75, 3.05) is 30.3 Å². The second kappa shape index (κ2) is 9.27. The molecular weight excluding hydrogens is 386 g/mol. The van der Waals surface area contributed by atoms with Crippen LogP contribution in [0.15, 0.2) is 60.8 Å². The molecule has 1 saturated heterocycles. The van der Waals surface area contributed by atoms with Crippen molar-refractivity contribution in [2.24, 2.45) is 5.92 Å². The van der Waals surface area contributed by atoms with Crippen LogP contribution < -0.4 is 16.0 Å². The van der Waals surface area contributed by atoms with Crippen molar-refractivity contribution in [1.29, 1.82) is 0 Å². The number of nitrogens with two attached hydrogens (primary N) is 1. The van der Waals surface area contributed by atoms with E-state index in [-0.39, 0.29) is 11.6 Å². The van der Waals surface area contributed by atoms with Gasteiger partial charge in [-0.2, -0.15) is 0 Å². The summed E-state index contributed by atoms with van der Waals surface area (Å²) in [4.78, 5) is 24.7. The third-order valence-electron chi connectivity index (χ3n) is 5.60. The van der Waals surface area contributed by atoms with Gasteiger partial charge < -0.3 is 16.0 Å². The number of pyridine rings is 2. The fourth-order valence-electron chi connectivity index (χ4n) is 4.15. The molecule has 2 aromatic heterocycles. The van der Waals surface area contributed by atoms with Gasteiger partial charge in [-0.1, -0.05) is 44.2 Å². The number of carbonyl (C=O) groups excluding carboxylic acids is 1. The summed E-state index contributed by atoms with van der Waals surface area (Å²) in [5.74, 6) is 1.45. The lowest BCUT2D eigenvalue weighted by Gasteiger charge is -2.35. The largest absolute Gasteiger partial charge is 0.383 e. The highest BCUT2D eigenvalue weighted by atomic mass is 16.1. The van der Waals surface area contributed by atoms with E-state index in [1.807, 2.05) is 42.5 Å². The number of piperazine rings is 1. The fraction of sp³-hybridized carbons (Fsp3) is 0.320. The van der Waals surface area contributed by atoms with Crippen LogP contribution in [-0.2, 0) is 0 Å². The van der Waals surface area contributed by atoms with Crippen LogP contribution in [0.4, 0.5) is 11.6 Å². The first kappa shape index (κ1) is 21.0. The Bertz CT molecular complexity index is 1050. The smallest absolute Gasteiger partial charge is 0.215 e. The summed E-state index contributed by atoms with van der Waals surface area (Å²) in [6, 6.07) is 17.7. The van der Waals surface area contributed by atoms with Crippen molar-refractivity contribution in [1.82, 2.24) is 15.3 Å². The average molecular weight is 416 g/mol. The number of nitrogens with zero attached hydrogens (tertiary/aromatic N) is 3. The van der Waals surface area contributed by atoms with E-state index in [4.69, 9.17) is 10.7 Å². The molecule has 6 heteroatoms. The number of rotatable bonds is 6. The Kier molecular flexibility index (Phi) is 6.28. The predicted molar refractivity (Wildman–Crippen MR) is 125 cm³/mol. The van der Waals surface area contributed by atoms with Crippen molar-refractivity contribution in [3.05, 3.63) is 72.1 Å². The molecule has 1 aliphatic rings. The van der Waals surface area contributed by atoms with Crippen LogP contribution in [0, 0.1) is 5.92 Å². The molecule has 0 unspecified atom stereocenters. The van der Waals surface area contributed by atoms with Crippen LogP contribution in [0.3, 0.4) is 0 Å². The standard InChI is InChI=1S/C25H29N5O/c1-17(2)15-19-16-30(14-13-27-19)22-11-10-20(18-7-4-3-5-8-18)23(29-22)24(31)21-9-6-12-28-25(21)26/h3-12,17,19,27H,13-16H2,1-2H3,(H2,26,28)/t19-/m1/s1. The molecule has 0 amide bonds. The summed E-state index contributed by atoms with van der Waals surface area (Å²) >= 11 is 0. The molecule has 3 N–H and O–H groups in total. The first-order chi connectivity index (χ1) is 15.0. The highest BCUT2D eigenvalue weighted by Gasteiger charge is 2.24.